The summed E-state index contributed by atoms with van der Waals surface area (Å²) in [7, 11) is 4.35. The highest BCUT2D eigenvalue weighted by molar-refractivity contribution is 5.95. The van der Waals surface area contributed by atoms with E-state index in [4.69, 9.17) is 18.9 Å². The van der Waals surface area contributed by atoms with Crippen LogP contribution in [0.25, 0.3) is 0 Å². The molecule has 0 spiro atoms. The number of nitrogens with one attached hydrogen (secondary N) is 1. The largest absolute Gasteiger partial charge is 0.493 e. The summed E-state index contributed by atoms with van der Waals surface area (Å²) < 4.78 is 34.9. The van der Waals surface area contributed by atoms with Crippen LogP contribution in [-0.4, -0.2) is 39.4 Å². The predicted molar refractivity (Wildman–Crippen MR) is 119 cm³/mol. The molecule has 0 atom stereocenters. The number of carbonyl (C=O) groups excluding carboxylic acids is 2. The summed E-state index contributed by atoms with van der Waals surface area (Å²) in [6, 6.07) is 15.0. The van der Waals surface area contributed by atoms with Crippen molar-refractivity contribution in [2.45, 2.75) is 0 Å². The van der Waals surface area contributed by atoms with Crippen LogP contribution >= 0.6 is 0 Å². The fraction of sp³-hybridized carbons (Fsp3) is 0.125. The third kappa shape index (κ3) is 5.65. The summed E-state index contributed by atoms with van der Waals surface area (Å²) in [6.07, 6.45) is 1.34. The molecule has 170 valence electrons. The SMILES string of the molecule is COc1cc(C(=O)Oc2cccc(/C=N\NC(=O)c3ccccc3F)c2)cc(OC)c1OC. The van der Waals surface area contributed by atoms with E-state index in [1.54, 1.807) is 30.3 Å². The predicted octanol–water partition coefficient (Wildman–Crippen LogP) is 3.83. The van der Waals surface area contributed by atoms with Gasteiger partial charge < -0.3 is 18.9 Å². The van der Waals surface area contributed by atoms with Gasteiger partial charge in [0.2, 0.25) is 5.75 Å². The number of hydrogen-bond acceptors (Lipinski definition) is 7. The van der Waals surface area contributed by atoms with Crippen LogP contribution in [0.3, 0.4) is 0 Å². The van der Waals surface area contributed by atoms with Crippen molar-refractivity contribution in [3.63, 3.8) is 0 Å². The number of carbonyl (C=O) groups is 2. The van der Waals surface area contributed by atoms with Crippen molar-refractivity contribution in [1.29, 1.82) is 0 Å². The molecule has 8 nitrogen and oxygen atoms in total. The summed E-state index contributed by atoms with van der Waals surface area (Å²) >= 11 is 0. The van der Waals surface area contributed by atoms with Crippen LogP contribution in [-0.2, 0) is 0 Å². The Hall–Kier alpha value is -4.40. The van der Waals surface area contributed by atoms with E-state index in [0.29, 0.717) is 22.8 Å². The lowest BCUT2D eigenvalue weighted by atomic mass is 10.1. The minimum atomic E-state index is -0.686. The maximum Gasteiger partial charge on any atom is 0.343 e. The fourth-order valence-electron chi connectivity index (χ4n) is 2.89. The number of nitrogens with zero attached hydrogens (tertiary/aromatic N) is 1. The molecule has 0 fully saturated rings. The van der Waals surface area contributed by atoms with Crippen molar-refractivity contribution in [1.82, 2.24) is 5.43 Å². The average molecular weight is 452 g/mol. The van der Waals surface area contributed by atoms with Gasteiger partial charge in [0.25, 0.3) is 5.91 Å². The Morgan fingerprint density at radius 2 is 1.61 bits per heavy atom. The van der Waals surface area contributed by atoms with Crippen molar-refractivity contribution in [2.75, 3.05) is 21.3 Å². The first-order chi connectivity index (χ1) is 16.0. The fourth-order valence-corrected chi connectivity index (χ4v) is 2.89. The molecule has 33 heavy (non-hydrogen) atoms. The Bertz CT molecular complexity index is 1170. The zero-order valence-corrected chi connectivity index (χ0v) is 18.1. The highest BCUT2D eigenvalue weighted by Crippen LogP contribution is 2.38. The zero-order chi connectivity index (χ0) is 23.8. The number of benzene rings is 3. The van der Waals surface area contributed by atoms with Gasteiger partial charge in [-0.05, 0) is 42.0 Å². The molecule has 0 unspecified atom stereocenters. The lowest BCUT2D eigenvalue weighted by Crippen LogP contribution is -2.18. The van der Waals surface area contributed by atoms with Crippen LogP contribution in [0.4, 0.5) is 4.39 Å². The molecule has 0 saturated heterocycles. The average Bonchev–Trinajstić information content (AvgIpc) is 2.83. The molecule has 0 aliphatic rings. The Labute approximate surface area is 189 Å². The number of methoxy groups -OCH3 is 3. The molecule has 1 N–H and O–H groups in total. The van der Waals surface area contributed by atoms with E-state index < -0.39 is 17.7 Å². The van der Waals surface area contributed by atoms with Gasteiger partial charge in [-0.2, -0.15) is 5.10 Å². The van der Waals surface area contributed by atoms with E-state index in [1.165, 1.54) is 57.9 Å². The Morgan fingerprint density at radius 3 is 2.24 bits per heavy atom. The minimum absolute atomic E-state index is 0.123. The molecule has 3 aromatic carbocycles. The Morgan fingerprint density at radius 1 is 0.909 bits per heavy atom. The molecule has 0 radical (unpaired) electrons. The molecule has 9 heteroatoms. The first-order valence-electron chi connectivity index (χ1n) is 9.67. The van der Waals surface area contributed by atoms with Crippen LogP contribution in [0, 0.1) is 5.82 Å². The smallest absolute Gasteiger partial charge is 0.343 e. The quantitative estimate of drug-likeness (QED) is 0.242. The Kier molecular flexibility index (Phi) is 7.59. The zero-order valence-electron chi connectivity index (χ0n) is 18.1. The summed E-state index contributed by atoms with van der Waals surface area (Å²) in [6.45, 7) is 0. The maximum absolute atomic E-state index is 13.7. The van der Waals surface area contributed by atoms with Crippen LogP contribution in [0.15, 0.2) is 65.8 Å². The first-order valence-corrected chi connectivity index (χ1v) is 9.67. The molecule has 3 aromatic rings. The molecule has 3 rings (SSSR count). The molecule has 1 amide bonds. The summed E-state index contributed by atoms with van der Waals surface area (Å²) in [5.41, 5.74) is 2.87. The highest BCUT2D eigenvalue weighted by Gasteiger charge is 2.18. The van der Waals surface area contributed by atoms with E-state index in [2.05, 4.69) is 10.5 Å². The second-order valence-electron chi connectivity index (χ2n) is 6.55. The number of hydrogen-bond donors (Lipinski definition) is 1. The molecular formula is C24H21FN2O6. The number of ether oxygens (including phenoxy) is 4. The third-order valence-electron chi connectivity index (χ3n) is 4.47. The van der Waals surface area contributed by atoms with E-state index >= 15 is 0 Å². The summed E-state index contributed by atoms with van der Waals surface area (Å²) in [5.74, 6) is -0.743. The van der Waals surface area contributed by atoms with E-state index in [9.17, 15) is 14.0 Å². The van der Waals surface area contributed by atoms with Crippen molar-refractivity contribution in [3.05, 3.63) is 83.2 Å². The molecular weight excluding hydrogens is 431 g/mol. The van der Waals surface area contributed by atoms with E-state index in [-0.39, 0.29) is 16.9 Å². The van der Waals surface area contributed by atoms with Gasteiger partial charge >= 0.3 is 5.97 Å². The maximum atomic E-state index is 13.7. The first kappa shape index (κ1) is 23.3. The van der Waals surface area contributed by atoms with Crippen LogP contribution in [0.2, 0.25) is 0 Å². The Balaban J connectivity index is 1.71. The lowest BCUT2D eigenvalue weighted by molar-refractivity contribution is 0.0733. The van der Waals surface area contributed by atoms with Gasteiger partial charge in [-0.15, -0.1) is 0 Å². The van der Waals surface area contributed by atoms with Crippen molar-refractivity contribution in [2.24, 2.45) is 5.10 Å². The van der Waals surface area contributed by atoms with Crippen LogP contribution in [0.5, 0.6) is 23.0 Å². The number of rotatable bonds is 8. The third-order valence-corrected chi connectivity index (χ3v) is 4.47. The minimum Gasteiger partial charge on any atom is -0.493 e. The van der Waals surface area contributed by atoms with Gasteiger partial charge in [-0.1, -0.05) is 24.3 Å². The van der Waals surface area contributed by atoms with Crippen molar-refractivity contribution in [3.8, 4) is 23.0 Å². The number of esters is 1. The van der Waals surface area contributed by atoms with Crippen molar-refractivity contribution >= 4 is 18.1 Å². The normalized spacial score (nSPS) is 10.5. The molecule has 0 saturated carbocycles. The highest BCUT2D eigenvalue weighted by atomic mass is 19.1. The second-order valence-corrected chi connectivity index (χ2v) is 6.55. The van der Waals surface area contributed by atoms with Gasteiger partial charge in [0.1, 0.15) is 11.6 Å². The lowest BCUT2D eigenvalue weighted by Gasteiger charge is -2.13. The van der Waals surface area contributed by atoms with Gasteiger partial charge in [0, 0.05) is 0 Å². The molecule has 0 aliphatic carbocycles. The van der Waals surface area contributed by atoms with Gasteiger partial charge in [-0.25, -0.2) is 14.6 Å². The van der Waals surface area contributed by atoms with E-state index in [0.717, 1.165) is 0 Å². The summed E-state index contributed by atoms with van der Waals surface area (Å²) in [4.78, 5) is 24.7. The molecule has 0 aromatic heterocycles. The second kappa shape index (κ2) is 10.8. The number of amides is 1. The van der Waals surface area contributed by atoms with Crippen LogP contribution < -0.4 is 24.4 Å². The molecule has 0 aliphatic heterocycles. The van der Waals surface area contributed by atoms with Gasteiger partial charge in [-0.3, -0.25) is 4.79 Å². The number of halogens is 1. The van der Waals surface area contributed by atoms with Crippen LogP contribution in [0.1, 0.15) is 26.3 Å². The monoisotopic (exact) mass is 452 g/mol. The molecule has 0 heterocycles. The number of hydrazone groups is 1. The topological polar surface area (TPSA) is 95.5 Å². The van der Waals surface area contributed by atoms with Gasteiger partial charge in [0.15, 0.2) is 11.5 Å². The molecule has 0 bridgehead atoms. The standard InChI is InChI=1S/C24H21FN2O6/c1-30-20-12-16(13-21(31-2)22(20)32-3)24(29)33-17-8-6-7-15(11-17)14-26-27-23(28)18-9-4-5-10-19(18)25/h4-14H,1-3H3,(H,27,28)/b26-14-. The van der Waals surface area contributed by atoms with Gasteiger partial charge in [0.05, 0.1) is 38.7 Å². The summed E-state index contributed by atoms with van der Waals surface area (Å²) in [5, 5.41) is 3.82. The van der Waals surface area contributed by atoms with Crippen molar-refractivity contribution < 1.29 is 32.9 Å². The van der Waals surface area contributed by atoms with E-state index in [1.807, 2.05) is 0 Å².